The van der Waals surface area contributed by atoms with Crippen molar-refractivity contribution in [1.29, 1.82) is 0 Å². The van der Waals surface area contributed by atoms with Crippen molar-refractivity contribution < 1.29 is 18.6 Å². The normalized spacial score (nSPS) is 10.7. The summed E-state index contributed by atoms with van der Waals surface area (Å²) in [5, 5.41) is 0.895. The van der Waals surface area contributed by atoms with Crippen LogP contribution in [0.5, 0.6) is 11.5 Å². The van der Waals surface area contributed by atoms with Gasteiger partial charge in [-0.05, 0) is 74.5 Å². The lowest BCUT2D eigenvalue weighted by molar-refractivity contribution is 0.103. The van der Waals surface area contributed by atoms with Gasteiger partial charge in [-0.3, -0.25) is 9.59 Å². The van der Waals surface area contributed by atoms with Crippen LogP contribution in [0.2, 0.25) is 0 Å². The number of carbonyl (C=O) groups excluding carboxylic acids is 2. The zero-order valence-electron chi connectivity index (χ0n) is 21.7. The molecule has 0 amide bonds. The summed E-state index contributed by atoms with van der Waals surface area (Å²) in [7, 11) is -1.52. The van der Waals surface area contributed by atoms with Crippen LogP contribution in [0.25, 0.3) is 0 Å². The van der Waals surface area contributed by atoms with Crippen molar-refractivity contribution in [2.24, 2.45) is 0 Å². The van der Waals surface area contributed by atoms with E-state index in [0.717, 1.165) is 16.4 Å². The minimum Gasteiger partial charge on any atom is -0.435 e. The van der Waals surface area contributed by atoms with E-state index in [1.807, 2.05) is 92.7 Å². The third-order valence-corrected chi connectivity index (χ3v) is 7.68. The maximum Gasteiger partial charge on any atom is 0.326 e. The first-order valence-electron chi connectivity index (χ1n) is 12.6. The summed E-state index contributed by atoms with van der Waals surface area (Å²) in [6.07, 6.45) is 0. The summed E-state index contributed by atoms with van der Waals surface area (Å²) < 4.78 is 12.6. The molecule has 5 aromatic rings. The molecule has 0 fully saturated rings. The van der Waals surface area contributed by atoms with Gasteiger partial charge >= 0.3 is 8.38 Å². The van der Waals surface area contributed by atoms with E-state index in [2.05, 4.69) is 0 Å². The van der Waals surface area contributed by atoms with Crippen LogP contribution >= 0.6 is 8.38 Å². The molecule has 0 unspecified atom stereocenters. The zero-order chi connectivity index (χ0) is 27.2. The highest BCUT2D eigenvalue weighted by Gasteiger charge is 2.19. The summed E-state index contributed by atoms with van der Waals surface area (Å²) in [4.78, 5) is 25.7. The van der Waals surface area contributed by atoms with Crippen molar-refractivity contribution in [3.05, 3.63) is 161 Å². The largest absolute Gasteiger partial charge is 0.435 e. The Labute approximate surface area is 229 Å². The van der Waals surface area contributed by atoms with E-state index >= 15 is 0 Å². The zero-order valence-corrected chi connectivity index (χ0v) is 22.6. The van der Waals surface area contributed by atoms with Gasteiger partial charge in [0.2, 0.25) is 0 Å². The molecule has 5 aromatic carbocycles. The molecule has 192 valence electrons. The van der Waals surface area contributed by atoms with E-state index < -0.39 is 8.38 Å². The van der Waals surface area contributed by atoms with Gasteiger partial charge in [-0.25, -0.2) is 0 Å². The Morgan fingerprint density at radius 2 is 0.795 bits per heavy atom. The number of hydrogen-bond donors (Lipinski definition) is 0. The molecule has 0 saturated carbocycles. The molecule has 4 nitrogen and oxygen atoms in total. The Morgan fingerprint density at radius 1 is 0.462 bits per heavy atom. The Bertz CT molecular complexity index is 1460. The average Bonchev–Trinajstić information content (AvgIpc) is 2.98. The molecule has 5 heteroatoms. The lowest BCUT2D eigenvalue weighted by Gasteiger charge is -2.19. The van der Waals surface area contributed by atoms with Crippen LogP contribution in [0, 0.1) is 13.8 Å². The fourth-order valence-electron chi connectivity index (χ4n) is 3.94. The number of rotatable bonds is 9. The standard InChI is InChI=1S/C34H27O4P/c1-24-8-12-26(13-9-24)33(35)28-16-20-30(21-17-28)37-39(32-6-4-3-5-7-32)38-31-22-18-29(19-23-31)34(36)27-14-10-25(2)11-15-27/h3-23H,1-2H3. The molecule has 0 bridgehead atoms. The quantitative estimate of drug-likeness (QED) is 0.144. The molecular formula is C34H27O4P. The van der Waals surface area contributed by atoms with E-state index in [0.29, 0.717) is 33.8 Å². The van der Waals surface area contributed by atoms with Crippen molar-refractivity contribution in [1.82, 2.24) is 0 Å². The molecule has 0 N–H and O–H groups in total. The van der Waals surface area contributed by atoms with Gasteiger partial charge in [0.05, 0.1) is 5.30 Å². The summed E-state index contributed by atoms with van der Waals surface area (Å²) in [6.45, 7) is 3.99. The molecule has 0 radical (unpaired) electrons. The monoisotopic (exact) mass is 530 g/mol. The van der Waals surface area contributed by atoms with Crippen LogP contribution < -0.4 is 14.4 Å². The van der Waals surface area contributed by atoms with Gasteiger partial charge in [0.15, 0.2) is 11.6 Å². The second kappa shape index (κ2) is 11.9. The van der Waals surface area contributed by atoms with Gasteiger partial charge in [-0.2, -0.15) is 0 Å². The van der Waals surface area contributed by atoms with Gasteiger partial charge < -0.3 is 9.05 Å². The molecule has 39 heavy (non-hydrogen) atoms. The van der Waals surface area contributed by atoms with E-state index in [1.54, 1.807) is 48.5 Å². The van der Waals surface area contributed by atoms with Gasteiger partial charge in [-0.15, -0.1) is 0 Å². The van der Waals surface area contributed by atoms with Crippen LogP contribution in [0.15, 0.2) is 127 Å². The Morgan fingerprint density at radius 3 is 1.15 bits per heavy atom. The second-order valence-electron chi connectivity index (χ2n) is 9.21. The molecule has 0 saturated heterocycles. The molecule has 0 atom stereocenters. The van der Waals surface area contributed by atoms with Crippen LogP contribution in [0.3, 0.4) is 0 Å². The van der Waals surface area contributed by atoms with Crippen LogP contribution in [-0.4, -0.2) is 11.6 Å². The Kier molecular flexibility index (Phi) is 7.96. The Balaban J connectivity index is 1.32. The van der Waals surface area contributed by atoms with Crippen LogP contribution in [-0.2, 0) is 0 Å². The fraction of sp³-hybridized carbons (Fsp3) is 0.0588. The number of carbonyl (C=O) groups is 2. The second-order valence-corrected chi connectivity index (χ2v) is 10.6. The van der Waals surface area contributed by atoms with Gasteiger partial charge in [0, 0.05) is 22.3 Å². The number of ketones is 2. The number of aryl methyl sites for hydroxylation is 2. The van der Waals surface area contributed by atoms with Crippen molar-refractivity contribution >= 4 is 25.2 Å². The van der Waals surface area contributed by atoms with Crippen LogP contribution in [0.4, 0.5) is 0 Å². The molecule has 0 heterocycles. The highest BCUT2D eigenvalue weighted by Crippen LogP contribution is 2.40. The predicted molar refractivity (Wildman–Crippen MR) is 156 cm³/mol. The molecule has 5 rings (SSSR count). The lowest BCUT2D eigenvalue weighted by atomic mass is 10.0. The van der Waals surface area contributed by atoms with Crippen molar-refractivity contribution in [2.75, 3.05) is 0 Å². The lowest BCUT2D eigenvalue weighted by Crippen LogP contribution is -2.10. The first-order chi connectivity index (χ1) is 19.0. The minimum absolute atomic E-state index is 0.0385. The SMILES string of the molecule is Cc1ccc(C(=O)c2ccc(OP(Oc3ccc(C(=O)c4ccc(C)cc4)cc3)c3ccccc3)cc2)cc1. The molecule has 0 spiro atoms. The van der Waals surface area contributed by atoms with Gasteiger partial charge in [-0.1, -0.05) is 77.9 Å². The topological polar surface area (TPSA) is 52.6 Å². The fourth-order valence-corrected chi connectivity index (χ4v) is 5.23. The first kappa shape index (κ1) is 26.1. The van der Waals surface area contributed by atoms with Crippen LogP contribution in [0.1, 0.15) is 43.0 Å². The van der Waals surface area contributed by atoms with Gasteiger partial charge in [0.1, 0.15) is 11.5 Å². The third kappa shape index (κ3) is 6.49. The molecule has 0 aromatic heterocycles. The van der Waals surface area contributed by atoms with E-state index in [9.17, 15) is 9.59 Å². The third-order valence-electron chi connectivity index (χ3n) is 6.20. The predicted octanol–water partition coefficient (Wildman–Crippen LogP) is 7.86. The summed E-state index contributed by atoms with van der Waals surface area (Å²) in [6, 6.07) is 39.0. The Hall–Kier alpha value is -4.53. The van der Waals surface area contributed by atoms with Gasteiger partial charge in [0.25, 0.3) is 0 Å². The average molecular weight is 531 g/mol. The van der Waals surface area contributed by atoms with Crippen molar-refractivity contribution in [3.63, 3.8) is 0 Å². The van der Waals surface area contributed by atoms with E-state index in [-0.39, 0.29) is 11.6 Å². The number of benzene rings is 5. The molecule has 0 aliphatic heterocycles. The van der Waals surface area contributed by atoms with E-state index in [4.69, 9.17) is 9.05 Å². The number of hydrogen-bond acceptors (Lipinski definition) is 4. The first-order valence-corrected chi connectivity index (χ1v) is 13.8. The minimum atomic E-state index is -1.52. The molecule has 0 aliphatic carbocycles. The highest BCUT2D eigenvalue weighted by atomic mass is 31.2. The highest BCUT2D eigenvalue weighted by molar-refractivity contribution is 7.56. The van der Waals surface area contributed by atoms with Crippen molar-refractivity contribution in [3.8, 4) is 11.5 Å². The maximum atomic E-state index is 12.8. The van der Waals surface area contributed by atoms with Crippen molar-refractivity contribution in [2.45, 2.75) is 13.8 Å². The summed E-state index contributed by atoms with van der Waals surface area (Å²) in [5.41, 5.74) is 4.69. The van der Waals surface area contributed by atoms with E-state index in [1.165, 1.54) is 0 Å². The molecule has 0 aliphatic rings. The molecular weight excluding hydrogens is 503 g/mol. The smallest absolute Gasteiger partial charge is 0.326 e. The summed E-state index contributed by atoms with van der Waals surface area (Å²) in [5.74, 6) is 1.11. The maximum absolute atomic E-state index is 12.8. The summed E-state index contributed by atoms with van der Waals surface area (Å²) >= 11 is 0.